The summed E-state index contributed by atoms with van der Waals surface area (Å²) in [5.74, 6) is 1.62. The molecule has 8 nitrogen and oxygen atoms in total. The number of nitrogens with zero attached hydrogens (tertiary/aromatic N) is 4. The van der Waals surface area contributed by atoms with Gasteiger partial charge in [-0.05, 0) is 36.8 Å². The zero-order chi connectivity index (χ0) is 24.1. The van der Waals surface area contributed by atoms with Crippen LogP contribution in [0.5, 0.6) is 11.5 Å². The van der Waals surface area contributed by atoms with Gasteiger partial charge >= 0.3 is 0 Å². The van der Waals surface area contributed by atoms with E-state index in [-0.39, 0.29) is 5.96 Å². The minimum absolute atomic E-state index is 0.273. The quantitative estimate of drug-likeness (QED) is 0.591. The highest BCUT2D eigenvalue weighted by Crippen LogP contribution is 2.51. The molecule has 0 aliphatic carbocycles. The molecule has 2 aliphatic rings. The summed E-state index contributed by atoms with van der Waals surface area (Å²) >= 11 is 6.15. The minimum Gasteiger partial charge on any atom is -0.497 e. The SMILES string of the molecule is COc1ccc(CC2(C)CC3(N=C(N)N(C)C3O)c3cc(-c4cncc(Cl)c4)ncc3O2)cc1. The van der Waals surface area contributed by atoms with E-state index in [4.69, 9.17) is 31.8 Å². The Bertz CT molecular complexity index is 1270. The van der Waals surface area contributed by atoms with Crippen molar-refractivity contribution in [3.8, 4) is 22.8 Å². The molecular weight excluding hydrogens is 454 g/mol. The van der Waals surface area contributed by atoms with Gasteiger partial charge in [0.1, 0.15) is 22.6 Å². The Hall–Kier alpha value is -3.36. The van der Waals surface area contributed by atoms with Crippen LogP contribution in [0.4, 0.5) is 0 Å². The van der Waals surface area contributed by atoms with E-state index in [2.05, 4.69) is 9.97 Å². The van der Waals surface area contributed by atoms with Gasteiger partial charge in [-0.15, -0.1) is 0 Å². The third-order valence-corrected chi connectivity index (χ3v) is 6.75. The van der Waals surface area contributed by atoms with E-state index in [1.807, 2.05) is 37.3 Å². The molecule has 176 valence electrons. The third-order valence-electron chi connectivity index (χ3n) is 6.54. The van der Waals surface area contributed by atoms with Crippen molar-refractivity contribution in [1.29, 1.82) is 0 Å². The predicted octanol–water partition coefficient (Wildman–Crippen LogP) is 3.36. The van der Waals surface area contributed by atoms with Crippen LogP contribution in [-0.2, 0) is 12.0 Å². The number of aliphatic hydroxyl groups is 1. The molecule has 0 amide bonds. The number of hydrogen-bond acceptors (Lipinski definition) is 8. The number of rotatable bonds is 4. The number of hydrogen-bond donors (Lipinski definition) is 2. The molecule has 0 saturated heterocycles. The zero-order valence-electron chi connectivity index (χ0n) is 19.2. The van der Waals surface area contributed by atoms with Crippen LogP contribution in [0.15, 0.2) is 60.0 Å². The van der Waals surface area contributed by atoms with Gasteiger partial charge in [-0.25, -0.2) is 4.99 Å². The van der Waals surface area contributed by atoms with Crippen LogP contribution >= 0.6 is 11.6 Å². The van der Waals surface area contributed by atoms with Crippen LogP contribution in [0.2, 0.25) is 5.02 Å². The normalized spacial score (nSPS) is 25.6. The smallest absolute Gasteiger partial charge is 0.194 e. The van der Waals surface area contributed by atoms with Crippen molar-refractivity contribution in [2.24, 2.45) is 10.7 Å². The van der Waals surface area contributed by atoms with E-state index in [0.29, 0.717) is 29.3 Å². The van der Waals surface area contributed by atoms with Gasteiger partial charge in [0.15, 0.2) is 12.2 Å². The van der Waals surface area contributed by atoms with Crippen LogP contribution < -0.4 is 15.2 Å². The zero-order valence-corrected chi connectivity index (χ0v) is 20.0. The second-order valence-corrected chi connectivity index (χ2v) is 9.53. The summed E-state index contributed by atoms with van der Waals surface area (Å²) in [6.45, 7) is 2.02. The molecule has 2 aromatic heterocycles. The molecule has 3 unspecified atom stereocenters. The predicted molar refractivity (Wildman–Crippen MR) is 130 cm³/mol. The molecule has 3 N–H and O–H groups in total. The van der Waals surface area contributed by atoms with Crippen molar-refractivity contribution < 1.29 is 14.6 Å². The number of fused-ring (bicyclic) bond motifs is 2. The topological polar surface area (TPSA) is 106 Å². The molecule has 1 aromatic carbocycles. The highest BCUT2D eigenvalue weighted by atomic mass is 35.5. The number of benzene rings is 1. The molecule has 0 radical (unpaired) electrons. The molecule has 9 heteroatoms. The number of nitrogens with two attached hydrogens (primary N) is 1. The molecule has 2 aliphatic heterocycles. The second-order valence-electron chi connectivity index (χ2n) is 9.09. The fourth-order valence-corrected chi connectivity index (χ4v) is 5.10. The monoisotopic (exact) mass is 479 g/mol. The molecule has 0 saturated carbocycles. The van der Waals surface area contributed by atoms with E-state index >= 15 is 0 Å². The number of aromatic nitrogens is 2. The van der Waals surface area contributed by atoms with Gasteiger partial charge in [-0.3, -0.25) is 9.97 Å². The van der Waals surface area contributed by atoms with Crippen LogP contribution in [0.3, 0.4) is 0 Å². The van der Waals surface area contributed by atoms with E-state index < -0.39 is 17.4 Å². The van der Waals surface area contributed by atoms with Crippen LogP contribution in [0.25, 0.3) is 11.3 Å². The molecule has 3 aromatic rings. The van der Waals surface area contributed by atoms with Gasteiger partial charge in [0, 0.05) is 43.4 Å². The molecule has 3 atom stereocenters. The lowest BCUT2D eigenvalue weighted by molar-refractivity contribution is -0.0481. The molecule has 0 bridgehead atoms. The van der Waals surface area contributed by atoms with Crippen molar-refractivity contribution in [3.05, 3.63) is 71.1 Å². The maximum absolute atomic E-state index is 11.4. The van der Waals surface area contributed by atoms with Crippen LogP contribution in [0.1, 0.15) is 24.5 Å². The largest absolute Gasteiger partial charge is 0.497 e. The average Bonchev–Trinajstić information content (AvgIpc) is 3.02. The van der Waals surface area contributed by atoms with Crippen molar-refractivity contribution in [2.45, 2.75) is 37.1 Å². The summed E-state index contributed by atoms with van der Waals surface area (Å²) in [7, 11) is 3.37. The summed E-state index contributed by atoms with van der Waals surface area (Å²) in [6, 6.07) is 11.5. The van der Waals surface area contributed by atoms with Gasteiger partial charge in [-0.2, -0.15) is 0 Å². The van der Waals surface area contributed by atoms with E-state index in [9.17, 15) is 5.11 Å². The van der Waals surface area contributed by atoms with Gasteiger partial charge in [0.05, 0.1) is 24.0 Å². The first-order valence-corrected chi connectivity index (χ1v) is 11.3. The Labute approximate surface area is 203 Å². The first kappa shape index (κ1) is 22.4. The van der Waals surface area contributed by atoms with Crippen LogP contribution in [-0.4, -0.2) is 51.9 Å². The fourth-order valence-electron chi connectivity index (χ4n) is 4.93. The highest BCUT2D eigenvalue weighted by molar-refractivity contribution is 6.30. The highest BCUT2D eigenvalue weighted by Gasteiger charge is 2.56. The number of ether oxygens (including phenoxy) is 2. The molecule has 34 heavy (non-hydrogen) atoms. The number of guanidine groups is 1. The maximum atomic E-state index is 11.4. The first-order chi connectivity index (χ1) is 16.2. The van der Waals surface area contributed by atoms with E-state index in [1.54, 1.807) is 43.7 Å². The summed E-state index contributed by atoms with van der Waals surface area (Å²) in [4.78, 5) is 15.2. The Balaban J connectivity index is 1.60. The Kier molecular flexibility index (Phi) is 5.37. The summed E-state index contributed by atoms with van der Waals surface area (Å²) in [5.41, 5.74) is 7.73. The van der Waals surface area contributed by atoms with Crippen molar-refractivity contribution >= 4 is 17.6 Å². The molecule has 5 rings (SSSR count). The third kappa shape index (κ3) is 3.73. The summed E-state index contributed by atoms with van der Waals surface area (Å²) in [6.07, 6.45) is 5.00. The minimum atomic E-state index is -1.02. The number of pyridine rings is 2. The van der Waals surface area contributed by atoms with E-state index in [0.717, 1.165) is 22.4 Å². The molecular formula is C25H26ClN5O3. The lowest BCUT2D eigenvalue weighted by Gasteiger charge is -2.45. The van der Waals surface area contributed by atoms with E-state index in [1.165, 1.54) is 0 Å². The average molecular weight is 480 g/mol. The van der Waals surface area contributed by atoms with Gasteiger partial charge < -0.3 is 25.2 Å². The second kappa shape index (κ2) is 8.14. The number of methoxy groups -OCH3 is 1. The van der Waals surface area contributed by atoms with Gasteiger partial charge in [-0.1, -0.05) is 23.7 Å². The number of aliphatic imine (C=N–C) groups is 1. The van der Waals surface area contributed by atoms with Gasteiger partial charge in [0.25, 0.3) is 0 Å². The number of aliphatic hydroxyl groups excluding tert-OH is 1. The standard InChI is InChI=1S/C25H26ClN5O3/c1-24(10-15-4-6-18(33-3)7-5-15)14-25(22(32)31(2)23(27)30-25)19-9-20(29-13-21(19)34-24)16-8-17(26)12-28-11-16/h4-9,11-13,22,32H,10,14H2,1-3H3,(H2,27,30). The summed E-state index contributed by atoms with van der Waals surface area (Å²) in [5, 5.41) is 11.9. The maximum Gasteiger partial charge on any atom is 0.194 e. The summed E-state index contributed by atoms with van der Waals surface area (Å²) < 4.78 is 11.8. The van der Waals surface area contributed by atoms with Crippen molar-refractivity contribution in [3.63, 3.8) is 0 Å². The lowest BCUT2D eigenvalue weighted by Crippen LogP contribution is -2.53. The van der Waals surface area contributed by atoms with Crippen LogP contribution in [0, 0.1) is 0 Å². The Morgan fingerprint density at radius 1 is 1.24 bits per heavy atom. The van der Waals surface area contributed by atoms with Gasteiger partial charge in [0.2, 0.25) is 0 Å². The number of halogens is 1. The first-order valence-electron chi connectivity index (χ1n) is 10.9. The Morgan fingerprint density at radius 3 is 2.65 bits per heavy atom. The Morgan fingerprint density at radius 2 is 2.00 bits per heavy atom. The van der Waals surface area contributed by atoms with Crippen molar-refractivity contribution in [2.75, 3.05) is 14.2 Å². The lowest BCUT2D eigenvalue weighted by atomic mass is 9.74. The molecule has 1 spiro atoms. The molecule has 0 fully saturated rings. The number of likely N-dealkylation sites (N-methyl/N-ethyl adjacent to an activating group) is 1. The molecule has 4 heterocycles. The fraction of sp³-hybridized carbons (Fsp3) is 0.320. The van der Waals surface area contributed by atoms with Crippen molar-refractivity contribution in [1.82, 2.24) is 14.9 Å².